The number of carbonyl (C=O) groups excluding carboxylic acids is 1. The zero-order valence-corrected chi connectivity index (χ0v) is 27.9. The maximum Gasteiger partial charge on any atom is 0.387 e. The van der Waals surface area contributed by atoms with Crippen LogP contribution in [0.3, 0.4) is 0 Å². The second-order valence-electron chi connectivity index (χ2n) is 13.7. The Morgan fingerprint density at radius 2 is 1.85 bits per heavy atom. The quantitative estimate of drug-likeness (QED) is 0.183. The first-order valence-electron chi connectivity index (χ1n) is 16.1. The van der Waals surface area contributed by atoms with E-state index >= 15 is 0 Å². The van der Waals surface area contributed by atoms with Gasteiger partial charge in [0, 0.05) is 5.56 Å². The average molecular weight is 686 g/mol. The van der Waals surface area contributed by atoms with Gasteiger partial charge in [0.15, 0.2) is 5.54 Å². The number of hydrogen-bond donors (Lipinski definition) is 0. The maximum absolute atomic E-state index is 14.7. The normalized spacial score (nSPS) is 22.3. The van der Waals surface area contributed by atoms with Crippen LogP contribution in [0.25, 0.3) is 21.0 Å². The van der Waals surface area contributed by atoms with E-state index in [2.05, 4.69) is 4.98 Å². The molecule has 0 N–H and O–H groups in total. The van der Waals surface area contributed by atoms with Gasteiger partial charge in [-0.15, -0.1) is 11.3 Å². The van der Waals surface area contributed by atoms with Gasteiger partial charge < -0.3 is 23.4 Å². The van der Waals surface area contributed by atoms with E-state index in [9.17, 15) is 23.2 Å². The van der Waals surface area contributed by atoms with Crippen molar-refractivity contribution < 1.29 is 36.9 Å². The van der Waals surface area contributed by atoms with Crippen LogP contribution in [-0.4, -0.2) is 50.6 Å². The smallest absolute Gasteiger partial charge is 0.387 e. The largest absolute Gasteiger partial charge is 0.458 e. The zero-order chi connectivity index (χ0) is 34.0. The number of para-hydroxylation sites is 1. The number of esters is 1. The summed E-state index contributed by atoms with van der Waals surface area (Å²) >= 11 is 1.15. The monoisotopic (exact) mass is 685 g/mol. The number of hydrogen-bond acceptors (Lipinski definition) is 10. The molecule has 11 nitrogen and oxygen atoms in total. The van der Waals surface area contributed by atoms with Gasteiger partial charge in [0.05, 0.1) is 41.3 Å². The summed E-state index contributed by atoms with van der Waals surface area (Å²) in [6.45, 7) is 3.65. The number of aromatic nitrogens is 3. The molecule has 0 unspecified atom stereocenters. The number of carbonyl (C=O) groups is 1. The van der Waals surface area contributed by atoms with Crippen molar-refractivity contribution in [3.05, 3.63) is 68.7 Å². The van der Waals surface area contributed by atoms with Gasteiger partial charge in [-0.25, -0.2) is 19.1 Å². The van der Waals surface area contributed by atoms with Gasteiger partial charge in [0.1, 0.15) is 28.5 Å². The molecule has 5 heterocycles. The van der Waals surface area contributed by atoms with Gasteiger partial charge in [0.2, 0.25) is 5.89 Å². The molecule has 14 heteroatoms. The summed E-state index contributed by atoms with van der Waals surface area (Å²) in [7, 11) is 0. The summed E-state index contributed by atoms with van der Waals surface area (Å²) < 4.78 is 58.6. The first-order valence-corrected chi connectivity index (χ1v) is 16.9. The summed E-state index contributed by atoms with van der Waals surface area (Å²) in [5.74, 6) is -0.476. The Morgan fingerprint density at radius 1 is 1.15 bits per heavy atom. The Balaban J connectivity index is 1.41. The Morgan fingerprint density at radius 3 is 2.48 bits per heavy atom. The first-order chi connectivity index (χ1) is 22.8. The highest BCUT2D eigenvalue weighted by atomic mass is 32.1. The van der Waals surface area contributed by atoms with Crippen LogP contribution in [0.15, 0.2) is 50.7 Å². The molecule has 1 aromatic carbocycles. The molecule has 2 aliphatic heterocycles. The van der Waals surface area contributed by atoms with E-state index in [0.29, 0.717) is 33.7 Å². The Bertz CT molecular complexity index is 1950. The van der Waals surface area contributed by atoms with Crippen LogP contribution in [0.1, 0.15) is 76.5 Å². The molecule has 3 aliphatic rings. The Kier molecular flexibility index (Phi) is 8.31. The van der Waals surface area contributed by atoms with Crippen LogP contribution < -0.4 is 16.0 Å². The maximum atomic E-state index is 14.7. The van der Waals surface area contributed by atoms with E-state index in [-0.39, 0.29) is 54.7 Å². The predicted molar refractivity (Wildman–Crippen MR) is 171 cm³/mol. The van der Waals surface area contributed by atoms with Gasteiger partial charge in [-0.3, -0.25) is 9.36 Å². The number of nitrogens with zero attached hydrogens (tertiary/aromatic N) is 3. The molecule has 4 atom stereocenters. The molecule has 256 valence electrons. The highest BCUT2D eigenvalue weighted by Crippen LogP contribution is 2.45. The lowest BCUT2D eigenvalue weighted by Gasteiger charge is -2.32. The SMILES string of the molecule is Cc1c(-c2ncco2)sc2c1c(=O)n(C1(C(=O)OC(C)(C)C)CC1)c(=O)n2C[C@H](O[C@@H]1C[C@H]2CC[C@@H](C1)O2)c1ccccc1OC(F)F. The third kappa shape index (κ3) is 5.98. The summed E-state index contributed by atoms with van der Waals surface area (Å²) in [5, 5.41) is 0.225. The van der Waals surface area contributed by atoms with Gasteiger partial charge in [-0.2, -0.15) is 8.78 Å². The molecule has 7 rings (SSSR count). The highest BCUT2D eigenvalue weighted by molar-refractivity contribution is 7.22. The van der Waals surface area contributed by atoms with E-state index in [1.807, 2.05) is 0 Å². The molecule has 0 radical (unpaired) electrons. The number of aryl methyl sites for hydroxylation is 1. The standard InChI is InChI=1S/C34H37F2N3O8S/c1-18-25-28(40)39(34(11-12-34)30(41)47-33(2,3)4)32(42)38(29(25)48-26(18)27-37-13-14-43-27)17-24(22-7-5-6-8-23(22)46-31(35)36)45-21-15-19-9-10-20(16-21)44-19/h5-8,13-14,19-21,24,31H,9-12,15-17H2,1-4H3/t19-,20+,21-,24-/m0/s1. The number of thiophene rings is 1. The minimum absolute atomic E-state index is 0.0325. The predicted octanol–water partition coefficient (Wildman–Crippen LogP) is 6.09. The lowest BCUT2D eigenvalue weighted by atomic mass is 10.0. The third-order valence-corrected chi connectivity index (χ3v) is 10.5. The number of benzene rings is 1. The fraction of sp³-hybridized carbons (Fsp3) is 0.529. The number of fused-ring (bicyclic) bond motifs is 3. The molecular formula is C34H37F2N3O8S. The van der Waals surface area contributed by atoms with Crippen molar-refractivity contribution in [1.29, 1.82) is 0 Å². The third-order valence-electron chi connectivity index (χ3n) is 9.20. The van der Waals surface area contributed by atoms with Crippen molar-refractivity contribution in [3.8, 4) is 16.5 Å². The van der Waals surface area contributed by atoms with Crippen molar-refractivity contribution >= 4 is 27.5 Å². The van der Waals surface area contributed by atoms with Crippen LogP contribution in [0.2, 0.25) is 0 Å². The summed E-state index contributed by atoms with van der Waals surface area (Å²) in [6, 6.07) is 6.34. The van der Waals surface area contributed by atoms with Crippen LogP contribution in [0.4, 0.5) is 8.78 Å². The topological polar surface area (TPSA) is 124 Å². The van der Waals surface area contributed by atoms with Crippen LogP contribution in [0.5, 0.6) is 5.75 Å². The molecule has 2 bridgehead atoms. The lowest BCUT2D eigenvalue weighted by Crippen LogP contribution is -2.50. The first kappa shape index (κ1) is 32.7. The van der Waals surface area contributed by atoms with Crippen LogP contribution in [0, 0.1) is 6.92 Å². The molecule has 3 fully saturated rings. The molecule has 48 heavy (non-hydrogen) atoms. The van der Waals surface area contributed by atoms with E-state index in [4.69, 9.17) is 23.4 Å². The summed E-state index contributed by atoms with van der Waals surface area (Å²) in [4.78, 5) is 47.7. The summed E-state index contributed by atoms with van der Waals surface area (Å²) in [5.41, 5.74) is -2.84. The van der Waals surface area contributed by atoms with E-state index in [0.717, 1.165) is 28.7 Å². The van der Waals surface area contributed by atoms with Crippen molar-refractivity contribution in [2.24, 2.45) is 0 Å². The molecular weight excluding hydrogens is 648 g/mol. The zero-order valence-electron chi connectivity index (χ0n) is 27.1. The molecule has 0 spiro atoms. The number of rotatable bonds is 10. The number of halogens is 2. The molecule has 4 aromatic rings. The minimum Gasteiger partial charge on any atom is -0.458 e. The highest BCUT2D eigenvalue weighted by Gasteiger charge is 2.56. The Hall–Kier alpha value is -3.88. The van der Waals surface area contributed by atoms with Gasteiger partial charge >= 0.3 is 18.3 Å². The van der Waals surface area contributed by atoms with E-state index < -0.39 is 41.1 Å². The number of oxazole rings is 1. The number of alkyl halides is 2. The van der Waals surface area contributed by atoms with E-state index in [1.54, 1.807) is 45.9 Å². The van der Waals surface area contributed by atoms with Crippen LogP contribution in [-0.2, 0) is 31.1 Å². The van der Waals surface area contributed by atoms with Gasteiger partial charge in [0.25, 0.3) is 5.56 Å². The fourth-order valence-corrected chi connectivity index (χ4v) is 8.16. The van der Waals surface area contributed by atoms with Crippen molar-refractivity contribution in [2.45, 2.75) is 115 Å². The lowest BCUT2D eigenvalue weighted by molar-refractivity contribution is -0.161. The van der Waals surface area contributed by atoms with Crippen molar-refractivity contribution in [1.82, 2.24) is 14.1 Å². The van der Waals surface area contributed by atoms with Crippen molar-refractivity contribution in [3.63, 3.8) is 0 Å². The average Bonchev–Trinajstić information content (AvgIpc) is 3.30. The van der Waals surface area contributed by atoms with Gasteiger partial charge in [-0.05, 0) is 77.8 Å². The molecule has 1 saturated carbocycles. The van der Waals surface area contributed by atoms with Gasteiger partial charge in [-0.1, -0.05) is 18.2 Å². The Labute approximate surface area is 278 Å². The molecule has 1 aliphatic carbocycles. The second kappa shape index (κ2) is 12.2. The number of ether oxygens (including phenoxy) is 4. The summed E-state index contributed by atoms with van der Waals surface area (Å²) in [6.07, 6.45) is 5.28. The fourth-order valence-electron chi connectivity index (χ4n) is 6.92. The second-order valence-corrected chi connectivity index (χ2v) is 14.7. The van der Waals surface area contributed by atoms with Crippen LogP contribution >= 0.6 is 11.3 Å². The van der Waals surface area contributed by atoms with E-state index in [1.165, 1.54) is 23.1 Å². The van der Waals surface area contributed by atoms with Crippen molar-refractivity contribution in [2.75, 3.05) is 0 Å². The molecule has 2 saturated heterocycles. The molecule has 3 aromatic heterocycles. The minimum atomic E-state index is -3.09. The molecule has 0 amide bonds.